The molecule has 0 radical (unpaired) electrons. The molecule has 110 valence electrons. The lowest BCUT2D eigenvalue weighted by atomic mass is 10.2. The van der Waals surface area contributed by atoms with E-state index in [0.717, 1.165) is 0 Å². The van der Waals surface area contributed by atoms with Crippen LogP contribution in [0.4, 0.5) is 5.69 Å². The second-order valence-corrected chi connectivity index (χ2v) is 5.91. The third-order valence-corrected chi connectivity index (χ3v) is 3.69. The number of nitrogens with one attached hydrogen (secondary N) is 1. The summed E-state index contributed by atoms with van der Waals surface area (Å²) in [5.74, 6) is -0.839. The molecule has 0 saturated heterocycles. The molecule has 2 aromatic rings. The van der Waals surface area contributed by atoms with Gasteiger partial charge in [0.05, 0.1) is 4.90 Å². The number of hydrogen-bond acceptors (Lipinski definition) is 5. The molecule has 0 unspecified atom stereocenters. The standard InChI is InChI=1S/C13H13N3O4S/c1-8-7-9(21(14,19)20)4-5-10(8)16-13(18)12-11(17)3-2-6-15-12/h2-7,17H,1H3,(H,16,18)(H2,14,19,20). The summed E-state index contributed by atoms with van der Waals surface area (Å²) < 4.78 is 22.5. The van der Waals surface area contributed by atoms with Crippen molar-refractivity contribution in [1.29, 1.82) is 0 Å². The first-order valence-electron chi connectivity index (χ1n) is 5.88. The third-order valence-electron chi connectivity index (χ3n) is 2.78. The van der Waals surface area contributed by atoms with Crippen molar-refractivity contribution in [2.45, 2.75) is 11.8 Å². The number of carbonyl (C=O) groups is 1. The second-order valence-electron chi connectivity index (χ2n) is 4.35. The molecule has 1 aromatic carbocycles. The smallest absolute Gasteiger partial charge is 0.278 e. The number of pyridine rings is 1. The Morgan fingerprint density at radius 1 is 1.33 bits per heavy atom. The minimum Gasteiger partial charge on any atom is -0.505 e. The second kappa shape index (κ2) is 5.51. The van der Waals surface area contributed by atoms with Crippen LogP contribution in [-0.2, 0) is 10.0 Å². The average molecular weight is 307 g/mol. The number of nitrogens with two attached hydrogens (primary N) is 1. The molecule has 1 amide bonds. The monoisotopic (exact) mass is 307 g/mol. The van der Waals surface area contributed by atoms with E-state index in [-0.39, 0.29) is 16.3 Å². The van der Waals surface area contributed by atoms with E-state index >= 15 is 0 Å². The first-order valence-corrected chi connectivity index (χ1v) is 7.42. The van der Waals surface area contributed by atoms with Gasteiger partial charge in [0.2, 0.25) is 10.0 Å². The molecule has 8 heteroatoms. The Hall–Kier alpha value is -2.45. The largest absolute Gasteiger partial charge is 0.505 e. The van der Waals surface area contributed by atoms with E-state index in [9.17, 15) is 18.3 Å². The van der Waals surface area contributed by atoms with Crippen LogP contribution in [0, 0.1) is 6.92 Å². The molecule has 0 atom stereocenters. The van der Waals surface area contributed by atoms with Gasteiger partial charge in [-0.15, -0.1) is 0 Å². The van der Waals surface area contributed by atoms with Crippen LogP contribution < -0.4 is 10.5 Å². The van der Waals surface area contributed by atoms with Crippen LogP contribution in [0.15, 0.2) is 41.4 Å². The Morgan fingerprint density at radius 3 is 2.62 bits per heavy atom. The summed E-state index contributed by atoms with van der Waals surface area (Å²) in [6.07, 6.45) is 1.38. The van der Waals surface area contributed by atoms with Crippen molar-refractivity contribution in [3.05, 3.63) is 47.8 Å². The summed E-state index contributed by atoms with van der Waals surface area (Å²) in [6.45, 7) is 1.63. The number of sulfonamides is 1. The van der Waals surface area contributed by atoms with Crippen LogP contribution in [0.1, 0.15) is 16.1 Å². The Labute approximate surface area is 121 Å². The number of primary sulfonamides is 1. The first kappa shape index (κ1) is 14.9. The van der Waals surface area contributed by atoms with Gasteiger partial charge < -0.3 is 10.4 Å². The third kappa shape index (κ3) is 3.36. The highest BCUT2D eigenvalue weighted by molar-refractivity contribution is 7.89. The zero-order chi connectivity index (χ0) is 15.6. The molecule has 0 saturated carbocycles. The lowest BCUT2D eigenvalue weighted by Crippen LogP contribution is -2.16. The predicted molar refractivity (Wildman–Crippen MR) is 76.4 cm³/mol. The molecule has 4 N–H and O–H groups in total. The van der Waals surface area contributed by atoms with E-state index in [2.05, 4.69) is 10.3 Å². The van der Waals surface area contributed by atoms with E-state index in [4.69, 9.17) is 5.14 Å². The van der Waals surface area contributed by atoms with Crippen molar-refractivity contribution < 1.29 is 18.3 Å². The van der Waals surface area contributed by atoms with Gasteiger partial charge in [-0.1, -0.05) is 0 Å². The van der Waals surface area contributed by atoms with Gasteiger partial charge in [-0.25, -0.2) is 18.5 Å². The summed E-state index contributed by atoms with van der Waals surface area (Å²) in [6, 6.07) is 6.91. The molecule has 0 aliphatic heterocycles. The van der Waals surface area contributed by atoms with E-state index in [1.54, 1.807) is 6.92 Å². The molecule has 0 aliphatic carbocycles. The predicted octanol–water partition coefficient (Wildman–Crippen LogP) is 0.995. The Morgan fingerprint density at radius 2 is 2.05 bits per heavy atom. The maximum atomic E-state index is 12.0. The first-order chi connectivity index (χ1) is 9.79. The molecule has 2 rings (SSSR count). The number of rotatable bonds is 3. The molecule has 1 aromatic heterocycles. The number of benzene rings is 1. The molecule has 0 fully saturated rings. The van der Waals surface area contributed by atoms with Gasteiger partial charge in [0.1, 0.15) is 5.75 Å². The van der Waals surface area contributed by atoms with Crippen LogP contribution >= 0.6 is 0 Å². The Kier molecular flexibility index (Phi) is 3.92. The minimum absolute atomic E-state index is 0.0429. The maximum absolute atomic E-state index is 12.0. The highest BCUT2D eigenvalue weighted by Crippen LogP contribution is 2.21. The molecule has 7 nitrogen and oxygen atoms in total. The summed E-state index contributed by atoms with van der Waals surface area (Å²) in [5.41, 5.74) is 0.801. The lowest BCUT2D eigenvalue weighted by Gasteiger charge is -2.09. The maximum Gasteiger partial charge on any atom is 0.278 e. The van der Waals surface area contributed by atoms with Gasteiger partial charge in [-0.2, -0.15) is 0 Å². The molecule has 1 heterocycles. The topological polar surface area (TPSA) is 122 Å². The highest BCUT2D eigenvalue weighted by atomic mass is 32.2. The number of amides is 1. The van der Waals surface area contributed by atoms with Gasteiger partial charge in [-0.3, -0.25) is 4.79 Å². The fraction of sp³-hybridized carbons (Fsp3) is 0.0769. The van der Waals surface area contributed by atoms with Gasteiger partial charge in [0.25, 0.3) is 5.91 Å². The number of aromatic nitrogens is 1. The zero-order valence-electron chi connectivity index (χ0n) is 11.1. The SMILES string of the molecule is Cc1cc(S(N)(=O)=O)ccc1NC(=O)c1ncccc1O. The molecule has 0 spiro atoms. The van der Waals surface area contributed by atoms with Crippen LogP contribution in [0.2, 0.25) is 0 Å². The number of aryl methyl sites for hydroxylation is 1. The molecule has 0 aliphatic rings. The lowest BCUT2D eigenvalue weighted by molar-refractivity contribution is 0.101. The van der Waals surface area contributed by atoms with E-state index in [0.29, 0.717) is 11.3 Å². The summed E-state index contributed by atoms with van der Waals surface area (Å²) in [4.78, 5) is 15.7. The van der Waals surface area contributed by atoms with Crippen molar-refractivity contribution >= 4 is 21.6 Å². The van der Waals surface area contributed by atoms with Gasteiger partial charge in [0.15, 0.2) is 5.69 Å². The van der Waals surface area contributed by atoms with E-state index < -0.39 is 15.9 Å². The minimum atomic E-state index is -3.79. The molecule has 21 heavy (non-hydrogen) atoms. The summed E-state index contributed by atoms with van der Waals surface area (Å²) in [7, 11) is -3.79. The van der Waals surface area contributed by atoms with Crippen molar-refractivity contribution in [3.63, 3.8) is 0 Å². The van der Waals surface area contributed by atoms with Gasteiger partial charge in [0, 0.05) is 11.9 Å². The van der Waals surface area contributed by atoms with Crippen LogP contribution in [0.25, 0.3) is 0 Å². The van der Waals surface area contributed by atoms with Crippen molar-refractivity contribution in [2.75, 3.05) is 5.32 Å². The molecular weight excluding hydrogens is 294 g/mol. The number of nitrogens with zero attached hydrogens (tertiary/aromatic N) is 1. The Balaban J connectivity index is 2.29. The quantitative estimate of drug-likeness (QED) is 0.780. The summed E-state index contributed by atoms with van der Waals surface area (Å²) in [5, 5.41) is 17.1. The van der Waals surface area contributed by atoms with Gasteiger partial charge >= 0.3 is 0 Å². The number of aromatic hydroxyl groups is 1. The zero-order valence-corrected chi connectivity index (χ0v) is 11.9. The average Bonchev–Trinajstić information content (AvgIpc) is 2.40. The van der Waals surface area contributed by atoms with E-state index in [1.807, 2.05) is 0 Å². The van der Waals surface area contributed by atoms with Crippen molar-refractivity contribution in [1.82, 2.24) is 4.98 Å². The van der Waals surface area contributed by atoms with Crippen LogP contribution in [-0.4, -0.2) is 24.4 Å². The van der Waals surface area contributed by atoms with Crippen molar-refractivity contribution in [3.8, 4) is 5.75 Å². The van der Waals surface area contributed by atoms with Gasteiger partial charge in [-0.05, 0) is 42.8 Å². The Bertz CT molecular complexity index is 803. The number of anilines is 1. The van der Waals surface area contributed by atoms with Crippen LogP contribution in [0.3, 0.4) is 0 Å². The normalized spacial score (nSPS) is 11.1. The fourth-order valence-corrected chi connectivity index (χ4v) is 2.31. The number of carbonyl (C=O) groups excluding carboxylic acids is 1. The van der Waals surface area contributed by atoms with Crippen LogP contribution in [0.5, 0.6) is 5.75 Å². The fourth-order valence-electron chi connectivity index (χ4n) is 1.71. The molecular formula is C13H13N3O4S. The number of hydrogen-bond donors (Lipinski definition) is 3. The molecule has 0 bridgehead atoms. The highest BCUT2D eigenvalue weighted by Gasteiger charge is 2.15. The van der Waals surface area contributed by atoms with Crippen molar-refractivity contribution in [2.24, 2.45) is 5.14 Å². The van der Waals surface area contributed by atoms with E-state index in [1.165, 1.54) is 36.5 Å². The summed E-state index contributed by atoms with van der Waals surface area (Å²) >= 11 is 0.